The molecule has 0 atom stereocenters. The second kappa shape index (κ2) is 7.88. The maximum absolute atomic E-state index is 12.9. The van der Waals surface area contributed by atoms with Crippen LogP contribution in [0.2, 0.25) is 0 Å². The van der Waals surface area contributed by atoms with Gasteiger partial charge in [-0.2, -0.15) is 4.99 Å². The number of carbonyl (C=O) groups excluding carboxylic acids is 1. The quantitative estimate of drug-likeness (QED) is 0.311. The van der Waals surface area contributed by atoms with Crippen LogP contribution in [0.3, 0.4) is 0 Å². The summed E-state index contributed by atoms with van der Waals surface area (Å²) in [6.07, 6.45) is 1.90. The number of fused-ring (bicyclic) bond motifs is 2. The van der Waals surface area contributed by atoms with E-state index in [2.05, 4.69) is 41.6 Å². The van der Waals surface area contributed by atoms with Crippen LogP contribution in [0, 0.1) is 10.1 Å². The number of carbonyl (C=O) groups is 1. The molecule has 4 aromatic rings. The van der Waals surface area contributed by atoms with Crippen molar-refractivity contribution < 1.29 is 9.72 Å². The molecule has 0 bridgehead atoms. The van der Waals surface area contributed by atoms with Gasteiger partial charge in [-0.25, -0.2) is 0 Å². The first-order valence-corrected chi connectivity index (χ1v) is 11.0. The molecule has 0 fully saturated rings. The van der Waals surface area contributed by atoms with Crippen LogP contribution in [0.5, 0.6) is 0 Å². The number of hydrogen-bond donors (Lipinski definition) is 0. The Morgan fingerprint density at radius 2 is 1.93 bits per heavy atom. The number of benzene rings is 2. The summed E-state index contributed by atoms with van der Waals surface area (Å²) < 4.78 is 4.05. The highest BCUT2D eigenvalue weighted by atomic mass is 32.1. The maximum Gasteiger partial charge on any atom is 0.289 e. The lowest BCUT2D eigenvalue weighted by Gasteiger charge is -2.03. The number of thiophene rings is 1. The van der Waals surface area contributed by atoms with E-state index >= 15 is 0 Å². The standard InChI is InChI=1S/C21H19N3O3S2/c1-3-9-23-16-7-5-13(4-2)10-18(16)29-21(23)22-20(25)19-12-14-11-15(24(26)27)6-8-17(14)28-19/h5-8,10-12H,3-4,9H2,1-2H3. The largest absolute Gasteiger partial charge is 0.316 e. The van der Waals surface area contributed by atoms with Crippen LogP contribution in [0.15, 0.2) is 47.5 Å². The van der Waals surface area contributed by atoms with E-state index < -0.39 is 4.92 Å². The smallest absolute Gasteiger partial charge is 0.289 e. The van der Waals surface area contributed by atoms with E-state index in [4.69, 9.17) is 0 Å². The van der Waals surface area contributed by atoms with Gasteiger partial charge in [0.1, 0.15) is 0 Å². The van der Waals surface area contributed by atoms with Crippen molar-refractivity contribution in [3.05, 3.63) is 67.8 Å². The van der Waals surface area contributed by atoms with Crippen LogP contribution < -0.4 is 4.80 Å². The average Bonchev–Trinajstić information content (AvgIpc) is 3.28. The van der Waals surface area contributed by atoms with Crippen molar-refractivity contribution in [3.63, 3.8) is 0 Å². The Kier molecular flexibility index (Phi) is 5.29. The fourth-order valence-corrected chi connectivity index (χ4v) is 5.30. The topological polar surface area (TPSA) is 77.5 Å². The first-order chi connectivity index (χ1) is 14.0. The number of rotatable bonds is 5. The minimum Gasteiger partial charge on any atom is -0.316 e. The van der Waals surface area contributed by atoms with Gasteiger partial charge >= 0.3 is 0 Å². The highest BCUT2D eigenvalue weighted by Gasteiger charge is 2.14. The van der Waals surface area contributed by atoms with E-state index in [9.17, 15) is 14.9 Å². The van der Waals surface area contributed by atoms with E-state index in [0.29, 0.717) is 15.1 Å². The van der Waals surface area contributed by atoms with Crippen molar-refractivity contribution >= 4 is 54.6 Å². The van der Waals surface area contributed by atoms with E-state index in [0.717, 1.165) is 34.3 Å². The number of aromatic nitrogens is 1. The molecule has 0 aliphatic rings. The Morgan fingerprint density at radius 1 is 1.10 bits per heavy atom. The van der Waals surface area contributed by atoms with E-state index in [-0.39, 0.29) is 11.6 Å². The first-order valence-electron chi connectivity index (χ1n) is 9.39. The van der Waals surface area contributed by atoms with Gasteiger partial charge in [-0.05, 0) is 42.7 Å². The Bertz CT molecular complexity index is 1310. The zero-order valence-corrected chi connectivity index (χ0v) is 17.7. The number of nitro benzene ring substituents is 1. The second-order valence-corrected chi connectivity index (χ2v) is 8.79. The minimum absolute atomic E-state index is 0.0169. The third-order valence-corrected chi connectivity index (χ3v) is 6.87. The van der Waals surface area contributed by atoms with Gasteiger partial charge < -0.3 is 4.57 Å². The third kappa shape index (κ3) is 3.73. The molecule has 29 heavy (non-hydrogen) atoms. The van der Waals surface area contributed by atoms with Crippen LogP contribution in [0.4, 0.5) is 5.69 Å². The van der Waals surface area contributed by atoms with Crippen molar-refractivity contribution in [2.45, 2.75) is 33.2 Å². The Hall–Kier alpha value is -2.84. The zero-order chi connectivity index (χ0) is 20.5. The second-order valence-electron chi connectivity index (χ2n) is 6.70. The van der Waals surface area contributed by atoms with Crippen molar-refractivity contribution in [1.82, 2.24) is 4.57 Å². The van der Waals surface area contributed by atoms with Crippen LogP contribution in [0.25, 0.3) is 20.3 Å². The molecule has 0 saturated heterocycles. The number of amides is 1. The van der Waals surface area contributed by atoms with Crippen LogP contribution >= 0.6 is 22.7 Å². The summed E-state index contributed by atoms with van der Waals surface area (Å²) in [5.41, 5.74) is 2.36. The molecule has 148 valence electrons. The number of non-ortho nitro benzene ring substituents is 1. The van der Waals surface area contributed by atoms with Gasteiger partial charge in [0.15, 0.2) is 4.80 Å². The molecule has 1 amide bonds. The van der Waals surface area contributed by atoms with Gasteiger partial charge in [-0.15, -0.1) is 11.3 Å². The molecule has 8 heteroatoms. The highest BCUT2D eigenvalue weighted by molar-refractivity contribution is 7.21. The summed E-state index contributed by atoms with van der Waals surface area (Å²) in [4.78, 5) is 29.0. The lowest BCUT2D eigenvalue weighted by Crippen LogP contribution is -2.16. The lowest BCUT2D eigenvalue weighted by molar-refractivity contribution is -0.384. The third-order valence-electron chi connectivity index (χ3n) is 4.72. The van der Waals surface area contributed by atoms with Crippen LogP contribution in [-0.2, 0) is 13.0 Å². The van der Waals surface area contributed by atoms with Crippen LogP contribution in [-0.4, -0.2) is 15.4 Å². The predicted molar refractivity (Wildman–Crippen MR) is 118 cm³/mol. The summed E-state index contributed by atoms with van der Waals surface area (Å²) in [6, 6.07) is 12.7. The molecule has 0 N–H and O–H groups in total. The molecule has 0 saturated carbocycles. The number of aryl methyl sites for hydroxylation is 2. The number of nitro groups is 1. The molecule has 2 aromatic heterocycles. The van der Waals surface area contributed by atoms with Crippen molar-refractivity contribution in [3.8, 4) is 0 Å². The SMILES string of the molecule is CCCn1c(=NC(=O)c2cc3cc([N+](=O)[O-])ccc3s2)sc2cc(CC)ccc21. The predicted octanol–water partition coefficient (Wildman–Crippen LogP) is 5.54. The summed E-state index contributed by atoms with van der Waals surface area (Å²) in [5.74, 6) is -0.319. The van der Waals surface area contributed by atoms with Crippen molar-refractivity contribution in [2.75, 3.05) is 0 Å². The van der Waals surface area contributed by atoms with E-state index in [1.165, 1.54) is 40.4 Å². The summed E-state index contributed by atoms with van der Waals surface area (Å²) in [6.45, 7) is 5.01. The normalized spacial score (nSPS) is 12.1. The molecule has 0 unspecified atom stereocenters. The first kappa shape index (κ1) is 19.5. The summed E-state index contributed by atoms with van der Waals surface area (Å²) in [7, 11) is 0. The summed E-state index contributed by atoms with van der Waals surface area (Å²) in [5, 5.41) is 11.7. The van der Waals surface area contributed by atoms with Gasteiger partial charge in [-0.3, -0.25) is 14.9 Å². The van der Waals surface area contributed by atoms with Crippen molar-refractivity contribution in [1.29, 1.82) is 0 Å². The molecule has 2 heterocycles. The number of nitrogens with zero attached hydrogens (tertiary/aromatic N) is 3. The molecule has 0 spiro atoms. The molecule has 4 rings (SSSR count). The minimum atomic E-state index is -0.432. The van der Waals surface area contributed by atoms with Gasteiger partial charge in [-0.1, -0.05) is 31.3 Å². The van der Waals surface area contributed by atoms with Gasteiger partial charge in [0, 0.05) is 28.8 Å². The molecular weight excluding hydrogens is 406 g/mol. The molecule has 2 aromatic carbocycles. The maximum atomic E-state index is 12.9. The van der Waals surface area contributed by atoms with Gasteiger partial charge in [0.2, 0.25) is 0 Å². The molecular formula is C21H19N3O3S2. The van der Waals surface area contributed by atoms with E-state index in [1.54, 1.807) is 12.1 Å². The monoisotopic (exact) mass is 425 g/mol. The Balaban J connectivity index is 1.79. The Labute approximate surface area is 174 Å². The molecule has 6 nitrogen and oxygen atoms in total. The van der Waals surface area contributed by atoms with Gasteiger partial charge in [0.05, 0.1) is 20.0 Å². The van der Waals surface area contributed by atoms with Crippen LogP contribution in [0.1, 0.15) is 35.5 Å². The van der Waals surface area contributed by atoms with Crippen molar-refractivity contribution in [2.24, 2.45) is 4.99 Å². The molecule has 0 aliphatic carbocycles. The lowest BCUT2D eigenvalue weighted by atomic mass is 10.2. The summed E-state index contributed by atoms with van der Waals surface area (Å²) >= 11 is 2.83. The number of thiazole rings is 1. The highest BCUT2D eigenvalue weighted by Crippen LogP contribution is 2.29. The Morgan fingerprint density at radius 3 is 2.66 bits per heavy atom. The number of hydrogen-bond acceptors (Lipinski definition) is 5. The fourth-order valence-electron chi connectivity index (χ4n) is 3.25. The molecule has 0 radical (unpaired) electrons. The van der Waals surface area contributed by atoms with E-state index in [1.807, 2.05) is 0 Å². The molecule has 0 aliphatic heterocycles. The average molecular weight is 426 g/mol. The zero-order valence-electron chi connectivity index (χ0n) is 16.0. The fraction of sp³-hybridized carbons (Fsp3) is 0.238. The van der Waals surface area contributed by atoms with Gasteiger partial charge in [0.25, 0.3) is 11.6 Å².